The molecule has 0 aromatic heterocycles. The molecule has 1 rings (SSSR count). The van der Waals surface area contributed by atoms with Gasteiger partial charge in [-0.25, -0.2) is 0 Å². The quantitative estimate of drug-likeness (QED) is 0.502. The Bertz CT molecular complexity index is 340. The number of carbonyl (C=O) groups is 3. The molecule has 4 nitrogen and oxygen atoms in total. The Kier molecular flexibility index (Phi) is 3.39. The van der Waals surface area contributed by atoms with Crippen LogP contribution in [0.15, 0.2) is 11.6 Å². The fourth-order valence-corrected chi connectivity index (χ4v) is 1.80. The lowest BCUT2D eigenvalue weighted by Gasteiger charge is -2.23. The van der Waals surface area contributed by atoms with Crippen molar-refractivity contribution in [2.45, 2.75) is 20.3 Å². The van der Waals surface area contributed by atoms with E-state index in [9.17, 15) is 14.4 Å². The van der Waals surface area contributed by atoms with Crippen LogP contribution in [0.4, 0.5) is 0 Å². The molecule has 15 heavy (non-hydrogen) atoms. The van der Waals surface area contributed by atoms with Crippen LogP contribution in [0.2, 0.25) is 0 Å². The van der Waals surface area contributed by atoms with Crippen LogP contribution in [-0.4, -0.2) is 24.6 Å². The van der Waals surface area contributed by atoms with Gasteiger partial charge >= 0.3 is 5.97 Å². The number of methoxy groups -OCH3 is 1. The first-order valence-electron chi connectivity index (χ1n) is 4.77. The zero-order valence-corrected chi connectivity index (χ0v) is 9.07. The van der Waals surface area contributed by atoms with Crippen molar-refractivity contribution in [2.75, 3.05) is 7.11 Å². The van der Waals surface area contributed by atoms with Gasteiger partial charge in [-0.1, -0.05) is 5.57 Å². The smallest absolute Gasteiger partial charge is 0.316 e. The fraction of sp³-hybridized carbons (Fsp3) is 0.545. The number of carbonyl (C=O) groups excluding carboxylic acids is 3. The predicted octanol–water partition coefficient (Wildman–Crippen LogP) is 0.900. The molecule has 0 fully saturated rings. The summed E-state index contributed by atoms with van der Waals surface area (Å²) in [6.45, 7) is 3.20. The van der Waals surface area contributed by atoms with Gasteiger partial charge in [0.05, 0.1) is 7.11 Å². The first-order chi connectivity index (χ1) is 6.97. The number of hydrogen-bond acceptors (Lipinski definition) is 4. The van der Waals surface area contributed by atoms with E-state index in [1.54, 1.807) is 6.92 Å². The summed E-state index contributed by atoms with van der Waals surface area (Å²) in [6, 6.07) is 0. The summed E-state index contributed by atoms with van der Waals surface area (Å²) < 4.78 is 4.52. The van der Waals surface area contributed by atoms with Crippen molar-refractivity contribution >= 4 is 17.5 Å². The van der Waals surface area contributed by atoms with Crippen molar-refractivity contribution in [3.05, 3.63) is 11.6 Å². The van der Waals surface area contributed by atoms with E-state index in [0.29, 0.717) is 0 Å². The van der Waals surface area contributed by atoms with Crippen molar-refractivity contribution in [3.8, 4) is 0 Å². The summed E-state index contributed by atoms with van der Waals surface area (Å²) in [6.07, 6.45) is 1.61. The van der Waals surface area contributed by atoms with E-state index < -0.39 is 11.9 Å². The molecule has 0 spiro atoms. The summed E-state index contributed by atoms with van der Waals surface area (Å²) in [5.74, 6) is -1.99. The van der Waals surface area contributed by atoms with Gasteiger partial charge in [-0.3, -0.25) is 14.4 Å². The molecule has 0 N–H and O–H groups in total. The van der Waals surface area contributed by atoms with Crippen LogP contribution in [0, 0.1) is 11.8 Å². The second kappa shape index (κ2) is 4.38. The summed E-state index contributed by atoms with van der Waals surface area (Å²) in [5, 5.41) is 0. The molecule has 1 aliphatic rings. The van der Waals surface area contributed by atoms with Crippen molar-refractivity contribution in [3.63, 3.8) is 0 Å². The first kappa shape index (κ1) is 11.6. The van der Waals surface area contributed by atoms with Crippen molar-refractivity contribution in [1.29, 1.82) is 0 Å². The van der Waals surface area contributed by atoms with Gasteiger partial charge < -0.3 is 4.74 Å². The number of allylic oxidation sites excluding steroid dienone is 2. The topological polar surface area (TPSA) is 60.4 Å². The zero-order valence-electron chi connectivity index (χ0n) is 9.07. The lowest BCUT2D eigenvalue weighted by Crippen LogP contribution is -2.33. The van der Waals surface area contributed by atoms with Gasteiger partial charge in [0.1, 0.15) is 11.7 Å². The van der Waals surface area contributed by atoms with Crippen LogP contribution < -0.4 is 0 Å². The minimum Gasteiger partial charge on any atom is -0.468 e. The Morgan fingerprint density at radius 2 is 2.00 bits per heavy atom. The number of hydrogen-bond donors (Lipinski definition) is 0. The Balaban J connectivity index is 2.94. The van der Waals surface area contributed by atoms with Crippen LogP contribution in [-0.2, 0) is 19.1 Å². The molecule has 82 valence electrons. The van der Waals surface area contributed by atoms with Gasteiger partial charge in [-0.05, 0) is 26.3 Å². The number of rotatable bonds is 2. The van der Waals surface area contributed by atoms with Crippen LogP contribution in [0.25, 0.3) is 0 Å². The number of ether oxygens (including phenoxy) is 1. The molecular formula is C11H14O4. The van der Waals surface area contributed by atoms with Gasteiger partial charge in [-0.15, -0.1) is 0 Å². The second-order valence-electron chi connectivity index (χ2n) is 3.77. The van der Waals surface area contributed by atoms with Crippen LogP contribution in [0.3, 0.4) is 0 Å². The standard InChI is InChI=1S/C11H14O4/c1-6-4-10(13)9(11(14)15-3)5-8(6)7(2)12/h4,8-9H,5H2,1-3H3. The van der Waals surface area contributed by atoms with E-state index in [1.165, 1.54) is 20.1 Å². The maximum Gasteiger partial charge on any atom is 0.316 e. The first-order valence-corrected chi connectivity index (χ1v) is 4.77. The SMILES string of the molecule is COC(=O)C1CC(C(C)=O)C(C)=CC1=O. The predicted molar refractivity (Wildman–Crippen MR) is 53.1 cm³/mol. The monoisotopic (exact) mass is 210 g/mol. The molecule has 0 radical (unpaired) electrons. The largest absolute Gasteiger partial charge is 0.468 e. The third-order valence-electron chi connectivity index (χ3n) is 2.71. The molecule has 0 aromatic carbocycles. The molecule has 0 aromatic rings. The molecular weight excluding hydrogens is 196 g/mol. The average molecular weight is 210 g/mol. The van der Waals surface area contributed by atoms with E-state index in [1.807, 2.05) is 0 Å². The maximum absolute atomic E-state index is 11.5. The maximum atomic E-state index is 11.5. The van der Waals surface area contributed by atoms with Crippen molar-refractivity contribution in [2.24, 2.45) is 11.8 Å². The van der Waals surface area contributed by atoms with Gasteiger partial charge in [0.15, 0.2) is 5.78 Å². The molecule has 0 heterocycles. The fourth-order valence-electron chi connectivity index (χ4n) is 1.80. The lowest BCUT2D eigenvalue weighted by molar-refractivity contribution is -0.149. The van der Waals surface area contributed by atoms with Crippen LogP contribution >= 0.6 is 0 Å². The minimum atomic E-state index is -0.812. The second-order valence-corrected chi connectivity index (χ2v) is 3.77. The van der Waals surface area contributed by atoms with Crippen LogP contribution in [0.1, 0.15) is 20.3 Å². The number of esters is 1. The molecule has 4 heteroatoms. The highest BCUT2D eigenvalue weighted by atomic mass is 16.5. The van der Waals surface area contributed by atoms with Crippen molar-refractivity contribution in [1.82, 2.24) is 0 Å². The Morgan fingerprint density at radius 1 is 1.40 bits per heavy atom. The molecule has 0 saturated heterocycles. The highest BCUT2D eigenvalue weighted by Crippen LogP contribution is 2.28. The van der Waals surface area contributed by atoms with Gasteiger partial charge in [0, 0.05) is 5.92 Å². The Hall–Kier alpha value is -1.45. The van der Waals surface area contributed by atoms with Gasteiger partial charge in [0.2, 0.25) is 0 Å². The van der Waals surface area contributed by atoms with E-state index in [4.69, 9.17) is 0 Å². The third kappa shape index (κ3) is 2.32. The minimum absolute atomic E-state index is 0.0230. The van der Waals surface area contributed by atoms with E-state index in [0.717, 1.165) is 5.57 Å². The summed E-state index contributed by atoms with van der Waals surface area (Å²) in [7, 11) is 1.24. The normalized spacial score (nSPS) is 25.8. The Morgan fingerprint density at radius 3 is 2.47 bits per heavy atom. The molecule has 0 amide bonds. The third-order valence-corrected chi connectivity index (χ3v) is 2.71. The number of ketones is 2. The average Bonchev–Trinajstić information content (AvgIpc) is 2.16. The van der Waals surface area contributed by atoms with E-state index in [2.05, 4.69) is 4.74 Å². The molecule has 2 atom stereocenters. The Labute approximate surface area is 88.3 Å². The summed E-state index contributed by atoms with van der Waals surface area (Å²) in [4.78, 5) is 34.0. The lowest BCUT2D eigenvalue weighted by atomic mass is 9.79. The van der Waals surface area contributed by atoms with Crippen LogP contribution in [0.5, 0.6) is 0 Å². The van der Waals surface area contributed by atoms with Crippen molar-refractivity contribution < 1.29 is 19.1 Å². The summed E-state index contributed by atoms with van der Waals surface area (Å²) >= 11 is 0. The van der Waals surface area contributed by atoms with Gasteiger partial charge in [0.25, 0.3) is 0 Å². The molecule has 0 saturated carbocycles. The highest BCUT2D eigenvalue weighted by molar-refractivity contribution is 6.07. The molecule has 0 aliphatic heterocycles. The number of Topliss-reactive ketones (excluding diaryl/α,β-unsaturated/α-hetero) is 1. The zero-order chi connectivity index (χ0) is 11.6. The highest BCUT2D eigenvalue weighted by Gasteiger charge is 2.35. The molecule has 1 aliphatic carbocycles. The molecule has 0 bridgehead atoms. The molecule has 2 unspecified atom stereocenters. The van der Waals surface area contributed by atoms with E-state index in [-0.39, 0.29) is 23.9 Å². The van der Waals surface area contributed by atoms with Gasteiger partial charge in [-0.2, -0.15) is 0 Å². The summed E-state index contributed by atoms with van der Waals surface area (Å²) in [5.41, 5.74) is 0.729. The van der Waals surface area contributed by atoms with E-state index >= 15 is 0 Å².